The molecule has 1 heterocycles. The van der Waals surface area contributed by atoms with E-state index in [1.54, 1.807) is 11.4 Å². The van der Waals surface area contributed by atoms with Crippen LogP contribution in [0.4, 0.5) is 0 Å². The third-order valence-corrected chi connectivity index (χ3v) is 6.06. The minimum Gasteiger partial charge on any atom is -0.329 e. The summed E-state index contributed by atoms with van der Waals surface area (Å²) in [5.41, 5.74) is 5.10. The minimum absolute atomic E-state index is 0.0878. The summed E-state index contributed by atoms with van der Waals surface area (Å²) in [5.74, 6) is 0. The summed E-state index contributed by atoms with van der Waals surface area (Å²) in [4.78, 5) is 0. The Morgan fingerprint density at radius 1 is 1.41 bits per heavy atom. The quantitative estimate of drug-likeness (QED) is 0.815. The molecular weight excluding hydrogens is 238 g/mol. The molecule has 0 radical (unpaired) electrons. The van der Waals surface area contributed by atoms with Crippen molar-refractivity contribution >= 4 is 10.2 Å². The average molecular weight is 263 g/mol. The molecule has 0 spiro atoms. The largest absolute Gasteiger partial charge is 0.329 e. The molecule has 0 saturated carbocycles. The first-order chi connectivity index (χ1) is 7.73. The van der Waals surface area contributed by atoms with Gasteiger partial charge in [-0.1, -0.05) is 6.42 Å². The molecule has 0 bridgehead atoms. The Morgan fingerprint density at radius 2 is 2.00 bits per heavy atom. The number of likely N-dealkylation sites (N-methyl/N-ethyl adjacent to an activating group) is 1. The second kappa shape index (κ2) is 5.22. The number of nitrogens with zero attached hydrogens (tertiary/aromatic N) is 2. The summed E-state index contributed by atoms with van der Waals surface area (Å²) < 4.78 is 28.0. The van der Waals surface area contributed by atoms with Gasteiger partial charge in [-0.25, -0.2) is 0 Å². The number of rotatable bonds is 4. The van der Waals surface area contributed by atoms with Crippen LogP contribution in [0.15, 0.2) is 0 Å². The summed E-state index contributed by atoms with van der Waals surface area (Å²) in [6.07, 6.45) is 2.99. The fourth-order valence-corrected chi connectivity index (χ4v) is 3.95. The van der Waals surface area contributed by atoms with Gasteiger partial charge in [-0.05, 0) is 33.6 Å². The molecule has 1 aliphatic rings. The van der Waals surface area contributed by atoms with Gasteiger partial charge >= 0.3 is 0 Å². The molecule has 1 atom stereocenters. The first kappa shape index (κ1) is 14.9. The molecular formula is C11H25N3O2S. The molecule has 5 nitrogen and oxygen atoms in total. The van der Waals surface area contributed by atoms with Crippen molar-refractivity contribution in [2.45, 2.75) is 51.6 Å². The standard InChI is InChI=1S/C11H25N3O2S/c1-10-7-5-6-8-14(10)17(15,16)13(4)11(2,3)9-12/h10H,5-9,12H2,1-4H3. The molecule has 1 aliphatic heterocycles. The third-order valence-electron chi connectivity index (χ3n) is 3.74. The van der Waals surface area contributed by atoms with Gasteiger partial charge in [0.1, 0.15) is 0 Å². The van der Waals surface area contributed by atoms with Crippen LogP contribution < -0.4 is 5.73 Å². The summed E-state index contributed by atoms with van der Waals surface area (Å²) in [6.45, 7) is 6.60. The monoisotopic (exact) mass is 263 g/mol. The maximum Gasteiger partial charge on any atom is 0.282 e. The fraction of sp³-hybridized carbons (Fsp3) is 1.00. The van der Waals surface area contributed by atoms with Crippen LogP contribution in [0, 0.1) is 0 Å². The SMILES string of the molecule is CC1CCCCN1S(=O)(=O)N(C)C(C)(C)CN. The van der Waals surface area contributed by atoms with E-state index >= 15 is 0 Å². The van der Waals surface area contributed by atoms with Crippen molar-refractivity contribution < 1.29 is 8.42 Å². The van der Waals surface area contributed by atoms with Gasteiger partial charge in [0.25, 0.3) is 10.2 Å². The molecule has 102 valence electrons. The smallest absolute Gasteiger partial charge is 0.282 e. The lowest BCUT2D eigenvalue weighted by molar-refractivity contribution is 0.211. The highest BCUT2D eigenvalue weighted by atomic mass is 32.2. The van der Waals surface area contributed by atoms with Gasteiger partial charge < -0.3 is 5.73 Å². The second-order valence-corrected chi connectivity index (χ2v) is 7.36. The van der Waals surface area contributed by atoms with Gasteiger partial charge in [0.15, 0.2) is 0 Å². The summed E-state index contributed by atoms with van der Waals surface area (Å²) >= 11 is 0. The molecule has 0 aromatic rings. The molecule has 1 rings (SSSR count). The van der Waals surface area contributed by atoms with Gasteiger partial charge in [-0.2, -0.15) is 17.0 Å². The van der Waals surface area contributed by atoms with E-state index in [9.17, 15) is 8.42 Å². The summed E-state index contributed by atoms with van der Waals surface area (Å²) in [7, 11) is -1.78. The molecule has 0 aromatic carbocycles. The van der Waals surface area contributed by atoms with E-state index in [0.717, 1.165) is 19.3 Å². The predicted molar refractivity (Wildman–Crippen MR) is 69.8 cm³/mol. The summed E-state index contributed by atoms with van der Waals surface area (Å²) in [5, 5.41) is 0. The Balaban J connectivity index is 2.94. The Kier molecular flexibility index (Phi) is 4.57. The highest BCUT2D eigenvalue weighted by Crippen LogP contribution is 2.25. The Hall–Kier alpha value is -0.170. The maximum atomic E-state index is 12.5. The lowest BCUT2D eigenvalue weighted by atomic mass is 10.1. The van der Waals surface area contributed by atoms with Crippen LogP contribution in [0.2, 0.25) is 0 Å². The second-order valence-electron chi connectivity index (χ2n) is 5.45. The molecule has 1 saturated heterocycles. The maximum absolute atomic E-state index is 12.5. The highest BCUT2D eigenvalue weighted by molar-refractivity contribution is 7.86. The predicted octanol–water partition coefficient (Wildman–Crippen LogP) is 0.775. The molecule has 6 heteroatoms. The fourth-order valence-electron chi connectivity index (χ4n) is 2.01. The Bertz CT molecular complexity index is 346. The van der Waals surface area contributed by atoms with E-state index in [4.69, 9.17) is 5.73 Å². The number of piperidine rings is 1. The van der Waals surface area contributed by atoms with E-state index in [-0.39, 0.29) is 6.04 Å². The van der Waals surface area contributed by atoms with Crippen LogP contribution in [-0.4, -0.2) is 48.7 Å². The van der Waals surface area contributed by atoms with Crippen LogP contribution in [0.1, 0.15) is 40.0 Å². The van der Waals surface area contributed by atoms with Crippen molar-refractivity contribution in [3.8, 4) is 0 Å². The minimum atomic E-state index is -3.39. The average Bonchev–Trinajstić information content (AvgIpc) is 2.28. The van der Waals surface area contributed by atoms with E-state index in [2.05, 4.69) is 0 Å². The van der Waals surface area contributed by atoms with Gasteiger partial charge in [0, 0.05) is 31.7 Å². The van der Waals surface area contributed by atoms with Crippen LogP contribution in [0.3, 0.4) is 0 Å². The number of nitrogens with two attached hydrogens (primary N) is 1. The Morgan fingerprint density at radius 3 is 2.47 bits per heavy atom. The molecule has 0 aromatic heterocycles. The van der Waals surface area contributed by atoms with Gasteiger partial charge in [-0.3, -0.25) is 0 Å². The van der Waals surface area contributed by atoms with E-state index in [1.807, 2.05) is 20.8 Å². The topological polar surface area (TPSA) is 66.6 Å². The van der Waals surface area contributed by atoms with Gasteiger partial charge in [0.05, 0.1) is 0 Å². The zero-order valence-electron chi connectivity index (χ0n) is 11.3. The van der Waals surface area contributed by atoms with Crippen molar-refractivity contribution in [3.63, 3.8) is 0 Å². The van der Waals surface area contributed by atoms with Crippen molar-refractivity contribution in [2.24, 2.45) is 5.73 Å². The first-order valence-corrected chi connectivity index (χ1v) is 7.59. The molecule has 1 fully saturated rings. The molecule has 2 N–H and O–H groups in total. The van der Waals surface area contributed by atoms with Crippen LogP contribution >= 0.6 is 0 Å². The van der Waals surface area contributed by atoms with Crippen LogP contribution in [0.25, 0.3) is 0 Å². The lowest BCUT2D eigenvalue weighted by Crippen LogP contribution is -2.57. The van der Waals surface area contributed by atoms with Gasteiger partial charge in [0.2, 0.25) is 0 Å². The van der Waals surface area contributed by atoms with Gasteiger partial charge in [-0.15, -0.1) is 0 Å². The van der Waals surface area contributed by atoms with Crippen LogP contribution in [0.5, 0.6) is 0 Å². The van der Waals surface area contributed by atoms with Crippen LogP contribution in [-0.2, 0) is 10.2 Å². The zero-order valence-corrected chi connectivity index (χ0v) is 12.1. The van der Waals surface area contributed by atoms with E-state index in [0.29, 0.717) is 13.1 Å². The normalized spacial score (nSPS) is 24.2. The molecule has 17 heavy (non-hydrogen) atoms. The molecule has 0 aliphatic carbocycles. The number of hydrogen-bond donors (Lipinski definition) is 1. The summed E-state index contributed by atoms with van der Waals surface area (Å²) in [6, 6.07) is 0.0878. The van der Waals surface area contributed by atoms with Crippen molar-refractivity contribution in [3.05, 3.63) is 0 Å². The lowest BCUT2D eigenvalue weighted by Gasteiger charge is -2.40. The third kappa shape index (κ3) is 2.99. The van der Waals surface area contributed by atoms with E-state index in [1.165, 1.54) is 4.31 Å². The zero-order chi connectivity index (χ0) is 13.3. The van der Waals surface area contributed by atoms with Crippen molar-refractivity contribution in [1.29, 1.82) is 0 Å². The van der Waals surface area contributed by atoms with Crippen molar-refractivity contribution in [1.82, 2.24) is 8.61 Å². The van der Waals surface area contributed by atoms with Crippen molar-refractivity contribution in [2.75, 3.05) is 20.1 Å². The first-order valence-electron chi connectivity index (χ1n) is 6.19. The highest BCUT2D eigenvalue weighted by Gasteiger charge is 2.38. The molecule has 1 unspecified atom stereocenters. The molecule has 0 amide bonds. The number of hydrogen-bond acceptors (Lipinski definition) is 3. The van der Waals surface area contributed by atoms with E-state index < -0.39 is 15.7 Å². The Labute approximate surface area is 105 Å².